The molecule has 0 bridgehead atoms. The Labute approximate surface area is 148 Å². The Kier molecular flexibility index (Phi) is 5.09. The zero-order valence-electron chi connectivity index (χ0n) is 14.5. The fourth-order valence-corrected chi connectivity index (χ4v) is 3.50. The highest BCUT2D eigenvalue weighted by Gasteiger charge is 2.15. The summed E-state index contributed by atoms with van der Waals surface area (Å²) in [5.41, 5.74) is 2.96. The van der Waals surface area contributed by atoms with Gasteiger partial charge in [-0.15, -0.1) is 0 Å². The van der Waals surface area contributed by atoms with Gasteiger partial charge in [0.2, 0.25) is 0 Å². The third-order valence-electron chi connectivity index (χ3n) is 4.93. The van der Waals surface area contributed by atoms with Crippen molar-refractivity contribution in [3.05, 3.63) is 47.8 Å². The normalized spacial score (nSPS) is 18.0. The molecule has 0 spiro atoms. The number of ether oxygens (including phenoxy) is 1. The third-order valence-corrected chi connectivity index (χ3v) is 4.93. The van der Waals surface area contributed by atoms with Gasteiger partial charge in [-0.05, 0) is 17.5 Å². The lowest BCUT2D eigenvalue weighted by Crippen LogP contribution is -2.37. The van der Waals surface area contributed by atoms with Gasteiger partial charge in [0.15, 0.2) is 0 Å². The molecule has 132 valence electrons. The number of hydrogen-bond acceptors (Lipinski definition) is 6. The molecular weight excluding hydrogens is 314 g/mol. The highest BCUT2D eigenvalue weighted by atomic mass is 16.5. The second-order valence-corrected chi connectivity index (χ2v) is 6.58. The fraction of sp³-hybridized carbons (Fsp3) is 0.474. The van der Waals surface area contributed by atoms with Gasteiger partial charge in [-0.25, -0.2) is 9.97 Å². The summed E-state index contributed by atoms with van der Waals surface area (Å²) in [5, 5.41) is 3.44. The molecule has 0 saturated carbocycles. The highest BCUT2D eigenvalue weighted by Crippen LogP contribution is 2.18. The van der Waals surface area contributed by atoms with Gasteiger partial charge in [-0.1, -0.05) is 24.3 Å². The molecule has 1 aromatic carbocycles. The molecule has 1 N–H and O–H groups in total. The van der Waals surface area contributed by atoms with Crippen molar-refractivity contribution in [1.29, 1.82) is 0 Å². The molecule has 3 heterocycles. The smallest absolute Gasteiger partial charge is 0.134 e. The molecule has 1 saturated heterocycles. The van der Waals surface area contributed by atoms with E-state index in [0.717, 1.165) is 70.5 Å². The van der Waals surface area contributed by atoms with Crippen molar-refractivity contribution in [3.63, 3.8) is 0 Å². The lowest BCUT2D eigenvalue weighted by atomic mass is 10.00. The van der Waals surface area contributed by atoms with Crippen LogP contribution in [0.4, 0.5) is 11.6 Å². The Morgan fingerprint density at radius 2 is 1.88 bits per heavy atom. The first-order chi connectivity index (χ1) is 12.4. The second-order valence-electron chi connectivity index (χ2n) is 6.58. The highest BCUT2D eigenvalue weighted by molar-refractivity contribution is 5.48. The number of nitrogens with zero attached hydrogens (tertiary/aromatic N) is 4. The number of rotatable bonds is 5. The van der Waals surface area contributed by atoms with Crippen LogP contribution in [-0.2, 0) is 17.7 Å². The molecule has 0 atom stereocenters. The average Bonchev–Trinajstić information content (AvgIpc) is 2.69. The van der Waals surface area contributed by atoms with Gasteiger partial charge < -0.3 is 15.0 Å². The molecule has 1 aromatic heterocycles. The molecule has 1 fully saturated rings. The van der Waals surface area contributed by atoms with E-state index >= 15 is 0 Å². The first-order valence-electron chi connectivity index (χ1n) is 9.06. The topological polar surface area (TPSA) is 53.5 Å². The molecule has 6 nitrogen and oxygen atoms in total. The molecule has 0 amide bonds. The van der Waals surface area contributed by atoms with Gasteiger partial charge in [-0.3, -0.25) is 4.90 Å². The molecular formula is C19H25N5O. The van der Waals surface area contributed by atoms with Crippen LogP contribution in [0, 0.1) is 0 Å². The van der Waals surface area contributed by atoms with Crippen molar-refractivity contribution in [2.45, 2.75) is 13.0 Å². The lowest BCUT2D eigenvalue weighted by Gasteiger charge is -2.29. The summed E-state index contributed by atoms with van der Waals surface area (Å²) < 4.78 is 5.40. The van der Waals surface area contributed by atoms with Gasteiger partial charge in [0.25, 0.3) is 0 Å². The summed E-state index contributed by atoms with van der Waals surface area (Å²) in [6.45, 7) is 7.40. The molecule has 2 aliphatic heterocycles. The van der Waals surface area contributed by atoms with E-state index in [4.69, 9.17) is 4.74 Å². The van der Waals surface area contributed by atoms with E-state index in [2.05, 4.69) is 49.4 Å². The first-order valence-corrected chi connectivity index (χ1v) is 9.06. The van der Waals surface area contributed by atoms with Crippen LogP contribution >= 0.6 is 0 Å². The summed E-state index contributed by atoms with van der Waals surface area (Å²) in [6, 6.07) is 10.8. The quantitative estimate of drug-likeness (QED) is 0.896. The number of fused-ring (bicyclic) bond motifs is 1. The SMILES string of the molecule is c1ccc2c(c1)CCN(CCNc1cc(N3CCOCC3)ncn1)C2. The van der Waals surface area contributed by atoms with E-state index in [0.29, 0.717) is 0 Å². The number of nitrogens with one attached hydrogen (secondary N) is 1. The number of hydrogen-bond donors (Lipinski definition) is 1. The monoisotopic (exact) mass is 339 g/mol. The van der Waals surface area contributed by atoms with E-state index < -0.39 is 0 Å². The van der Waals surface area contributed by atoms with E-state index in [-0.39, 0.29) is 0 Å². The molecule has 25 heavy (non-hydrogen) atoms. The van der Waals surface area contributed by atoms with Crippen molar-refractivity contribution in [3.8, 4) is 0 Å². The Bertz CT molecular complexity index is 702. The minimum Gasteiger partial charge on any atom is -0.378 e. The van der Waals surface area contributed by atoms with Crippen molar-refractivity contribution in [2.24, 2.45) is 0 Å². The van der Waals surface area contributed by atoms with E-state index in [9.17, 15) is 0 Å². The molecule has 0 unspecified atom stereocenters. The minimum absolute atomic E-state index is 0.767. The van der Waals surface area contributed by atoms with Gasteiger partial charge in [0.1, 0.15) is 18.0 Å². The van der Waals surface area contributed by atoms with Crippen LogP contribution in [0.15, 0.2) is 36.7 Å². The summed E-state index contributed by atoms with van der Waals surface area (Å²) in [6.07, 6.45) is 2.79. The largest absolute Gasteiger partial charge is 0.378 e. The second kappa shape index (κ2) is 7.80. The maximum Gasteiger partial charge on any atom is 0.134 e. The summed E-state index contributed by atoms with van der Waals surface area (Å²) >= 11 is 0. The first kappa shape index (κ1) is 16.3. The van der Waals surface area contributed by atoms with E-state index in [1.54, 1.807) is 6.33 Å². The Balaban J connectivity index is 1.29. The van der Waals surface area contributed by atoms with Crippen LogP contribution in [-0.4, -0.2) is 60.8 Å². The van der Waals surface area contributed by atoms with Crippen LogP contribution in [0.25, 0.3) is 0 Å². The van der Waals surface area contributed by atoms with Crippen LogP contribution in [0.5, 0.6) is 0 Å². The van der Waals surface area contributed by atoms with Crippen molar-refractivity contribution in [1.82, 2.24) is 14.9 Å². The molecule has 2 aliphatic rings. The lowest BCUT2D eigenvalue weighted by molar-refractivity contribution is 0.122. The number of benzene rings is 1. The predicted octanol–water partition coefficient (Wildman–Crippen LogP) is 1.78. The molecule has 6 heteroatoms. The molecule has 4 rings (SSSR count). The number of anilines is 2. The maximum absolute atomic E-state index is 5.40. The van der Waals surface area contributed by atoms with Crippen molar-refractivity contribution >= 4 is 11.6 Å². The Morgan fingerprint density at radius 1 is 1.04 bits per heavy atom. The van der Waals surface area contributed by atoms with Crippen LogP contribution < -0.4 is 10.2 Å². The standard InChI is InChI=1S/C19H25N5O/c1-2-4-17-14-23(7-5-16(17)3-1)8-6-20-18-13-19(22-15-21-18)24-9-11-25-12-10-24/h1-4,13,15H,5-12,14H2,(H,20,21,22). The zero-order chi connectivity index (χ0) is 16.9. The van der Waals surface area contributed by atoms with Gasteiger partial charge in [-0.2, -0.15) is 0 Å². The summed E-state index contributed by atoms with van der Waals surface area (Å²) in [7, 11) is 0. The minimum atomic E-state index is 0.767. The Morgan fingerprint density at radius 3 is 2.76 bits per heavy atom. The van der Waals surface area contributed by atoms with E-state index in [1.807, 2.05) is 6.07 Å². The summed E-state index contributed by atoms with van der Waals surface area (Å²) in [4.78, 5) is 13.5. The Hall–Kier alpha value is -2.18. The van der Waals surface area contributed by atoms with Gasteiger partial charge >= 0.3 is 0 Å². The third kappa shape index (κ3) is 4.08. The van der Waals surface area contributed by atoms with Gasteiger partial charge in [0, 0.05) is 45.3 Å². The zero-order valence-corrected chi connectivity index (χ0v) is 14.5. The molecule has 2 aromatic rings. The average molecular weight is 339 g/mol. The molecule has 0 aliphatic carbocycles. The van der Waals surface area contributed by atoms with Crippen LogP contribution in [0.2, 0.25) is 0 Å². The van der Waals surface area contributed by atoms with E-state index in [1.165, 1.54) is 11.1 Å². The molecule has 0 radical (unpaired) electrons. The number of aromatic nitrogens is 2. The van der Waals surface area contributed by atoms with Crippen molar-refractivity contribution in [2.75, 3.05) is 56.2 Å². The maximum atomic E-state index is 5.40. The fourth-order valence-electron chi connectivity index (χ4n) is 3.50. The van der Waals surface area contributed by atoms with Gasteiger partial charge in [0.05, 0.1) is 13.2 Å². The number of morpholine rings is 1. The summed E-state index contributed by atoms with van der Waals surface area (Å²) in [5.74, 6) is 1.88. The van der Waals surface area contributed by atoms with Crippen LogP contribution in [0.1, 0.15) is 11.1 Å². The van der Waals surface area contributed by atoms with Crippen LogP contribution in [0.3, 0.4) is 0 Å². The van der Waals surface area contributed by atoms with Crippen molar-refractivity contribution < 1.29 is 4.74 Å². The predicted molar refractivity (Wildman–Crippen MR) is 99.0 cm³/mol.